The predicted octanol–water partition coefficient (Wildman–Crippen LogP) is 3.97. The molecule has 0 bridgehead atoms. The van der Waals surface area contributed by atoms with E-state index in [1.54, 1.807) is 29.7 Å². The number of ether oxygens (including phenoxy) is 2. The maximum atomic E-state index is 9.96. The number of phenolic OH excluding ortho intramolecular Hbond substituents is 1. The molecule has 0 atom stereocenters. The SMILES string of the molecule is COc1cc(/C=N/c2sc3c(c2C#N)CCCC3)cc(OC)c1O. The van der Waals surface area contributed by atoms with Gasteiger partial charge in [0.15, 0.2) is 11.5 Å². The molecule has 0 fully saturated rings. The predicted molar refractivity (Wildman–Crippen MR) is 94.1 cm³/mol. The average molecular weight is 342 g/mol. The lowest BCUT2D eigenvalue weighted by atomic mass is 9.96. The lowest BCUT2D eigenvalue weighted by Gasteiger charge is -2.09. The van der Waals surface area contributed by atoms with Gasteiger partial charge in [-0.1, -0.05) is 0 Å². The monoisotopic (exact) mass is 342 g/mol. The number of phenols is 1. The van der Waals surface area contributed by atoms with Crippen molar-refractivity contribution in [3.63, 3.8) is 0 Å². The standard InChI is InChI=1S/C18H18N2O3S/c1-22-14-7-11(8-15(23-2)17(14)21)10-20-18-13(9-19)12-5-3-4-6-16(12)24-18/h7-8,10,21H,3-6H2,1-2H3/b20-10+. The van der Waals surface area contributed by atoms with E-state index >= 15 is 0 Å². The molecule has 1 aromatic carbocycles. The molecule has 2 aromatic rings. The van der Waals surface area contributed by atoms with Gasteiger partial charge in [-0.25, -0.2) is 4.99 Å². The van der Waals surface area contributed by atoms with Gasteiger partial charge in [-0.05, 0) is 43.4 Å². The Morgan fingerprint density at radius 2 is 1.88 bits per heavy atom. The third kappa shape index (κ3) is 2.95. The van der Waals surface area contributed by atoms with Crippen molar-refractivity contribution < 1.29 is 14.6 Å². The van der Waals surface area contributed by atoms with Crippen molar-refractivity contribution in [1.82, 2.24) is 0 Å². The number of hydrogen-bond donors (Lipinski definition) is 1. The van der Waals surface area contributed by atoms with Crippen LogP contribution in [0.2, 0.25) is 0 Å². The molecule has 0 unspecified atom stereocenters. The Labute approximate surface area is 144 Å². The molecule has 5 nitrogen and oxygen atoms in total. The van der Waals surface area contributed by atoms with Crippen LogP contribution >= 0.6 is 11.3 Å². The maximum absolute atomic E-state index is 9.96. The van der Waals surface area contributed by atoms with Crippen molar-refractivity contribution in [3.8, 4) is 23.3 Å². The Hall–Kier alpha value is -2.52. The second-order valence-corrected chi connectivity index (χ2v) is 6.62. The fourth-order valence-electron chi connectivity index (χ4n) is 2.88. The van der Waals surface area contributed by atoms with Gasteiger partial charge in [-0.2, -0.15) is 5.26 Å². The topological polar surface area (TPSA) is 74.8 Å². The van der Waals surface area contributed by atoms with Crippen molar-refractivity contribution in [2.45, 2.75) is 25.7 Å². The van der Waals surface area contributed by atoms with Crippen molar-refractivity contribution in [3.05, 3.63) is 33.7 Å². The van der Waals surface area contributed by atoms with Crippen molar-refractivity contribution in [1.29, 1.82) is 5.26 Å². The Morgan fingerprint density at radius 3 is 2.50 bits per heavy atom. The van der Waals surface area contributed by atoms with E-state index in [9.17, 15) is 10.4 Å². The molecule has 1 aliphatic carbocycles. The van der Waals surface area contributed by atoms with E-state index in [4.69, 9.17) is 9.47 Å². The molecular formula is C18H18N2O3S. The lowest BCUT2D eigenvalue weighted by Crippen LogP contribution is -1.99. The fraction of sp³-hybridized carbons (Fsp3) is 0.333. The first-order valence-electron chi connectivity index (χ1n) is 7.71. The van der Waals surface area contributed by atoms with Gasteiger partial charge in [0.05, 0.1) is 19.8 Å². The summed E-state index contributed by atoms with van der Waals surface area (Å²) in [4.78, 5) is 5.79. The number of nitrogens with zero attached hydrogens (tertiary/aromatic N) is 2. The van der Waals surface area contributed by atoms with E-state index in [1.807, 2.05) is 0 Å². The number of thiophene rings is 1. The van der Waals surface area contributed by atoms with Gasteiger partial charge in [0, 0.05) is 16.7 Å². The Bertz CT molecular complexity index is 809. The molecule has 0 amide bonds. The van der Waals surface area contributed by atoms with Gasteiger partial charge >= 0.3 is 0 Å². The van der Waals surface area contributed by atoms with Crippen LogP contribution in [0.3, 0.4) is 0 Å². The smallest absolute Gasteiger partial charge is 0.200 e. The van der Waals surface area contributed by atoms with Gasteiger partial charge in [0.1, 0.15) is 11.1 Å². The molecule has 3 rings (SSSR count). The van der Waals surface area contributed by atoms with Gasteiger partial charge in [0.2, 0.25) is 5.75 Å². The molecule has 24 heavy (non-hydrogen) atoms. The van der Waals surface area contributed by atoms with E-state index in [-0.39, 0.29) is 5.75 Å². The number of fused-ring (bicyclic) bond motifs is 1. The fourth-order valence-corrected chi connectivity index (χ4v) is 4.06. The number of aryl methyl sites for hydroxylation is 1. The number of methoxy groups -OCH3 is 2. The zero-order valence-corrected chi connectivity index (χ0v) is 14.4. The van der Waals surface area contributed by atoms with Crippen molar-refractivity contribution in [2.75, 3.05) is 14.2 Å². The molecule has 124 valence electrons. The first-order chi connectivity index (χ1) is 11.7. The van der Waals surface area contributed by atoms with Crippen LogP contribution in [0.25, 0.3) is 0 Å². The van der Waals surface area contributed by atoms with Crippen LogP contribution in [-0.2, 0) is 12.8 Å². The average Bonchev–Trinajstić information content (AvgIpc) is 2.98. The van der Waals surface area contributed by atoms with Crippen LogP contribution in [0, 0.1) is 11.3 Å². The Kier molecular flexibility index (Phi) is 4.72. The Balaban J connectivity index is 1.97. The van der Waals surface area contributed by atoms with E-state index in [1.165, 1.54) is 31.1 Å². The highest BCUT2D eigenvalue weighted by molar-refractivity contribution is 7.16. The molecular weight excluding hydrogens is 324 g/mol. The summed E-state index contributed by atoms with van der Waals surface area (Å²) in [6.45, 7) is 0. The number of nitriles is 1. The highest BCUT2D eigenvalue weighted by Crippen LogP contribution is 2.40. The van der Waals surface area contributed by atoms with Gasteiger partial charge in [-0.3, -0.25) is 0 Å². The summed E-state index contributed by atoms with van der Waals surface area (Å²) in [6.07, 6.45) is 5.97. The van der Waals surface area contributed by atoms with E-state index < -0.39 is 0 Å². The van der Waals surface area contributed by atoms with Crippen LogP contribution in [0.4, 0.5) is 5.00 Å². The molecule has 6 heteroatoms. The first-order valence-corrected chi connectivity index (χ1v) is 8.53. The number of aliphatic imine (C=N–C) groups is 1. The van der Waals surface area contributed by atoms with Gasteiger partial charge < -0.3 is 14.6 Å². The highest BCUT2D eigenvalue weighted by atomic mass is 32.1. The van der Waals surface area contributed by atoms with Crippen LogP contribution in [0.5, 0.6) is 17.2 Å². The number of hydrogen-bond acceptors (Lipinski definition) is 6. The zero-order chi connectivity index (χ0) is 17.1. The van der Waals surface area contributed by atoms with Crippen LogP contribution in [-0.4, -0.2) is 25.5 Å². The second kappa shape index (κ2) is 6.93. The van der Waals surface area contributed by atoms with Gasteiger partial charge in [0.25, 0.3) is 0 Å². The molecule has 0 aliphatic heterocycles. The summed E-state index contributed by atoms with van der Waals surface area (Å²) in [5, 5.41) is 20.2. The van der Waals surface area contributed by atoms with Crippen molar-refractivity contribution >= 4 is 22.6 Å². The minimum atomic E-state index is -0.0403. The summed E-state index contributed by atoms with van der Waals surface area (Å²) in [7, 11) is 2.97. The summed E-state index contributed by atoms with van der Waals surface area (Å²) < 4.78 is 10.3. The molecule has 0 saturated heterocycles. The lowest BCUT2D eigenvalue weighted by molar-refractivity contribution is 0.340. The summed E-state index contributed by atoms with van der Waals surface area (Å²) >= 11 is 1.60. The third-order valence-electron chi connectivity index (χ3n) is 4.10. The van der Waals surface area contributed by atoms with Crippen molar-refractivity contribution in [2.24, 2.45) is 4.99 Å². The number of aromatic hydroxyl groups is 1. The summed E-state index contributed by atoms with van der Waals surface area (Å²) in [6, 6.07) is 5.66. The quantitative estimate of drug-likeness (QED) is 0.853. The summed E-state index contributed by atoms with van der Waals surface area (Å²) in [5.41, 5.74) is 2.60. The minimum Gasteiger partial charge on any atom is -0.502 e. The van der Waals surface area contributed by atoms with Gasteiger partial charge in [-0.15, -0.1) is 11.3 Å². The molecule has 1 heterocycles. The van der Waals surface area contributed by atoms with E-state index in [0.29, 0.717) is 17.1 Å². The van der Waals surface area contributed by atoms with Crippen LogP contribution in [0.1, 0.15) is 34.4 Å². The molecule has 1 aromatic heterocycles. The second-order valence-electron chi connectivity index (χ2n) is 5.54. The molecule has 1 N–H and O–H groups in total. The number of benzene rings is 1. The number of rotatable bonds is 4. The Morgan fingerprint density at radius 1 is 1.21 bits per heavy atom. The normalized spacial score (nSPS) is 13.5. The largest absolute Gasteiger partial charge is 0.502 e. The molecule has 1 aliphatic rings. The minimum absolute atomic E-state index is 0.0403. The molecule has 0 spiro atoms. The highest BCUT2D eigenvalue weighted by Gasteiger charge is 2.20. The van der Waals surface area contributed by atoms with E-state index in [0.717, 1.165) is 29.8 Å². The van der Waals surface area contributed by atoms with Crippen LogP contribution in [0.15, 0.2) is 17.1 Å². The molecule has 0 saturated carbocycles. The maximum Gasteiger partial charge on any atom is 0.200 e. The van der Waals surface area contributed by atoms with E-state index in [2.05, 4.69) is 11.1 Å². The first kappa shape index (κ1) is 16.3. The molecule has 0 radical (unpaired) electrons. The van der Waals surface area contributed by atoms with Crippen LogP contribution < -0.4 is 9.47 Å². The zero-order valence-electron chi connectivity index (χ0n) is 13.6. The third-order valence-corrected chi connectivity index (χ3v) is 5.30. The summed E-state index contributed by atoms with van der Waals surface area (Å²) in [5.74, 6) is 0.602.